The van der Waals surface area contributed by atoms with E-state index >= 15 is 0 Å². The minimum atomic E-state index is -0.532. The molecule has 0 heterocycles. The Bertz CT molecular complexity index is 605. The summed E-state index contributed by atoms with van der Waals surface area (Å²) < 4.78 is 31.5. The van der Waals surface area contributed by atoms with E-state index in [0.29, 0.717) is 98.7 Å². The molecular formula is C24H47N5O10. The van der Waals surface area contributed by atoms with Crippen LogP contribution in [-0.4, -0.2) is 141 Å². The number of amides is 4. The van der Waals surface area contributed by atoms with Gasteiger partial charge in [0.15, 0.2) is 0 Å². The molecule has 0 unspecified atom stereocenters. The Morgan fingerprint density at radius 3 is 1.15 bits per heavy atom. The second-order valence-corrected chi connectivity index (χ2v) is 7.98. The van der Waals surface area contributed by atoms with Crippen LogP contribution in [0.3, 0.4) is 0 Å². The Kier molecular flexibility index (Phi) is 25.0. The maximum absolute atomic E-state index is 11.8. The zero-order valence-electron chi connectivity index (χ0n) is 23.6. The van der Waals surface area contributed by atoms with Gasteiger partial charge >= 0.3 is 12.2 Å². The van der Waals surface area contributed by atoms with E-state index < -0.39 is 12.2 Å². The lowest BCUT2D eigenvalue weighted by Crippen LogP contribution is -2.35. The van der Waals surface area contributed by atoms with Crippen molar-refractivity contribution in [3.8, 4) is 0 Å². The van der Waals surface area contributed by atoms with Crippen LogP contribution >= 0.6 is 0 Å². The van der Waals surface area contributed by atoms with Gasteiger partial charge in [0.05, 0.1) is 52.9 Å². The molecule has 0 spiro atoms. The number of ether oxygens (including phenoxy) is 6. The smallest absolute Gasteiger partial charge is 0.407 e. The van der Waals surface area contributed by atoms with E-state index in [-0.39, 0.29) is 25.0 Å². The van der Waals surface area contributed by atoms with Gasteiger partial charge in [-0.15, -0.1) is 0 Å². The van der Waals surface area contributed by atoms with Crippen LogP contribution in [0.5, 0.6) is 0 Å². The molecule has 15 nitrogen and oxygen atoms in total. The van der Waals surface area contributed by atoms with Gasteiger partial charge in [0.1, 0.15) is 13.2 Å². The molecule has 0 aromatic carbocycles. The number of carbonyl (C=O) groups is 4. The molecule has 0 saturated carbocycles. The van der Waals surface area contributed by atoms with E-state index in [4.69, 9.17) is 28.4 Å². The molecule has 0 radical (unpaired) electrons. The molecule has 0 bridgehead atoms. The summed E-state index contributed by atoms with van der Waals surface area (Å²) in [5, 5.41) is 10.5. The van der Waals surface area contributed by atoms with Crippen LogP contribution in [0, 0.1) is 0 Å². The van der Waals surface area contributed by atoms with Crippen LogP contribution in [0.15, 0.2) is 0 Å². The van der Waals surface area contributed by atoms with Crippen molar-refractivity contribution in [1.82, 2.24) is 26.2 Å². The Morgan fingerprint density at radius 1 is 0.513 bits per heavy atom. The molecule has 0 atom stereocenters. The summed E-state index contributed by atoms with van der Waals surface area (Å²) in [5.41, 5.74) is 0. The fourth-order valence-corrected chi connectivity index (χ4v) is 2.76. The third-order valence-corrected chi connectivity index (χ3v) is 4.74. The van der Waals surface area contributed by atoms with Crippen molar-refractivity contribution in [3.05, 3.63) is 0 Å². The van der Waals surface area contributed by atoms with Crippen LogP contribution in [0.4, 0.5) is 9.59 Å². The third kappa shape index (κ3) is 28.1. The molecule has 4 amide bonds. The molecule has 0 fully saturated rings. The zero-order chi connectivity index (χ0) is 29.0. The van der Waals surface area contributed by atoms with E-state index in [2.05, 4.69) is 21.3 Å². The number of nitrogens with zero attached hydrogens (tertiary/aromatic N) is 1. The van der Waals surface area contributed by atoms with Crippen LogP contribution < -0.4 is 21.3 Å². The van der Waals surface area contributed by atoms with Gasteiger partial charge in [0, 0.05) is 53.1 Å². The van der Waals surface area contributed by atoms with Crippen molar-refractivity contribution in [2.75, 3.05) is 112 Å². The number of carbonyl (C=O) groups excluding carboxylic acids is 4. The summed E-state index contributed by atoms with van der Waals surface area (Å²) in [5.74, 6) is -0.195. The summed E-state index contributed by atoms with van der Waals surface area (Å²) in [6, 6.07) is 0. The first kappa shape index (κ1) is 36.3. The van der Waals surface area contributed by atoms with Gasteiger partial charge in [-0.05, 0) is 6.54 Å². The average molecular weight is 566 g/mol. The number of hydrogen-bond donors (Lipinski definition) is 4. The number of likely N-dealkylation sites (N-methyl/N-ethyl adjacent to an activating group) is 1. The maximum Gasteiger partial charge on any atom is 0.407 e. The monoisotopic (exact) mass is 565 g/mol. The lowest BCUT2D eigenvalue weighted by molar-refractivity contribution is -0.120. The standard InChI is InChI=1S/C24H47N5O10/c1-4-29(9-15-38-23(32)27-7-13-36-19-17-34-11-5-25-21(2)30)10-16-39-24(33)28-8-14-37-20-18-35-12-6-26-22(3)31/h4-20H2,1-3H3,(H,25,30)(H,26,31)(H,27,32)(H,28,33). The summed E-state index contributed by atoms with van der Waals surface area (Å²) in [7, 11) is 0. The van der Waals surface area contributed by atoms with E-state index in [1.807, 2.05) is 11.8 Å². The van der Waals surface area contributed by atoms with Gasteiger partial charge in [-0.1, -0.05) is 6.92 Å². The first-order valence-corrected chi connectivity index (χ1v) is 13.2. The summed E-state index contributed by atoms with van der Waals surface area (Å²) in [6.07, 6.45) is -1.06. The Hall–Kier alpha value is -2.72. The number of rotatable bonds is 25. The normalized spacial score (nSPS) is 10.7. The molecule has 4 N–H and O–H groups in total. The molecule has 0 rings (SSSR count). The van der Waals surface area contributed by atoms with E-state index in [9.17, 15) is 19.2 Å². The summed E-state index contributed by atoms with van der Waals surface area (Å²) >= 11 is 0. The highest BCUT2D eigenvalue weighted by atomic mass is 16.6. The van der Waals surface area contributed by atoms with Gasteiger partial charge in [0.2, 0.25) is 11.8 Å². The van der Waals surface area contributed by atoms with Gasteiger partial charge in [-0.3, -0.25) is 14.5 Å². The predicted molar refractivity (Wildman–Crippen MR) is 141 cm³/mol. The van der Waals surface area contributed by atoms with Crippen LogP contribution in [-0.2, 0) is 38.0 Å². The lowest BCUT2D eigenvalue weighted by Gasteiger charge is -2.20. The van der Waals surface area contributed by atoms with Gasteiger partial charge in [0.25, 0.3) is 0 Å². The van der Waals surface area contributed by atoms with E-state index in [1.165, 1.54) is 13.8 Å². The molecule has 228 valence electrons. The third-order valence-electron chi connectivity index (χ3n) is 4.74. The first-order valence-electron chi connectivity index (χ1n) is 13.2. The summed E-state index contributed by atoms with van der Waals surface area (Å²) in [6.45, 7) is 11.5. The van der Waals surface area contributed by atoms with Crippen molar-refractivity contribution >= 4 is 24.0 Å². The maximum atomic E-state index is 11.8. The van der Waals surface area contributed by atoms with Crippen LogP contribution in [0.2, 0.25) is 0 Å². The predicted octanol–water partition coefficient (Wildman–Crippen LogP) is -0.901. The highest BCUT2D eigenvalue weighted by molar-refractivity contribution is 5.73. The quantitative estimate of drug-likeness (QED) is 0.101. The molecule has 0 saturated heterocycles. The molecule has 0 aliphatic rings. The van der Waals surface area contributed by atoms with Crippen LogP contribution in [0.25, 0.3) is 0 Å². The zero-order valence-corrected chi connectivity index (χ0v) is 23.6. The van der Waals surface area contributed by atoms with Crippen molar-refractivity contribution in [2.24, 2.45) is 0 Å². The molecule has 0 aliphatic carbocycles. The summed E-state index contributed by atoms with van der Waals surface area (Å²) in [4.78, 5) is 46.9. The molecule has 0 aliphatic heterocycles. The molecule has 39 heavy (non-hydrogen) atoms. The highest BCUT2D eigenvalue weighted by Gasteiger charge is 2.07. The van der Waals surface area contributed by atoms with Gasteiger partial charge in [-0.2, -0.15) is 0 Å². The Labute approximate surface area is 230 Å². The number of nitrogens with one attached hydrogen (secondary N) is 4. The number of alkyl carbamates (subject to hydrolysis) is 2. The fourth-order valence-electron chi connectivity index (χ4n) is 2.76. The number of hydrogen-bond acceptors (Lipinski definition) is 11. The van der Waals surface area contributed by atoms with Gasteiger partial charge < -0.3 is 49.7 Å². The molecule has 15 heteroatoms. The Balaban J connectivity index is 3.55. The first-order chi connectivity index (χ1) is 18.8. The van der Waals surface area contributed by atoms with E-state index in [1.54, 1.807) is 0 Å². The van der Waals surface area contributed by atoms with Crippen molar-refractivity contribution < 1.29 is 47.6 Å². The topological polar surface area (TPSA) is 175 Å². The minimum absolute atomic E-state index is 0.0976. The van der Waals surface area contributed by atoms with Gasteiger partial charge in [-0.25, -0.2) is 9.59 Å². The largest absolute Gasteiger partial charge is 0.448 e. The van der Waals surface area contributed by atoms with Crippen molar-refractivity contribution in [3.63, 3.8) is 0 Å². The van der Waals surface area contributed by atoms with Crippen molar-refractivity contribution in [1.29, 1.82) is 0 Å². The average Bonchev–Trinajstić information content (AvgIpc) is 2.89. The second-order valence-electron chi connectivity index (χ2n) is 7.98. The molecular weight excluding hydrogens is 518 g/mol. The highest BCUT2D eigenvalue weighted by Crippen LogP contribution is 1.91. The molecule has 0 aromatic heterocycles. The Morgan fingerprint density at radius 2 is 0.846 bits per heavy atom. The van der Waals surface area contributed by atoms with E-state index in [0.717, 1.165) is 0 Å². The van der Waals surface area contributed by atoms with Crippen LogP contribution in [0.1, 0.15) is 20.8 Å². The fraction of sp³-hybridized carbons (Fsp3) is 0.833. The SMILES string of the molecule is CCN(CCOC(=O)NCCOCCOCCNC(C)=O)CCOC(=O)NCCOCCOCCNC(C)=O. The molecule has 0 aromatic rings. The minimum Gasteiger partial charge on any atom is -0.448 e. The van der Waals surface area contributed by atoms with Crippen molar-refractivity contribution in [2.45, 2.75) is 20.8 Å². The lowest BCUT2D eigenvalue weighted by atomic mass is 10.5. The second kappa shape index (κ2) is 26.9.